The second kappa shape index (κ2) is 6.34. The fraction of sp³-hybridized carbons (Fsp3) is 0.417. The summed E-state index contributed by atoms with van der Waals surface area (Å²) in [4.78, 5) is 11.2. The fourth-order valence-corrected chi connectivity index (χ4v) is 1.65. The summed E-state index contributed by atoms with van der Waals surface area (Å²) in [5.74, 6) is -0.229. The number of carbonyl (C=O) groups is 1. The first kappa shape index (κ1) is 12.8. The Labute approximate surface area is 100 Å². The molecule has 1 aliphatic rings. The van der Waals surface area contributed by atoms with Crippen LogP contribution in [0.5, 0.6) is 0 Å². The largest absolute Gasteiger partial charge is 0.466 e. The van der Waals surface area contributed by atoms with E-state index in [0.29, 0.717) is 36.5 Å². The second-order valence-corrected chi connectivity index (χ2v) is 3.81. The third kappa shape index (κ3) is 3.71. The third-order valence-electron chi connectivity index (χ3n) is 2.26. The number of hydrogen-bond donors (Lipinski definition) is 0. The zero-order valence-corrected chi connectivity index (χ0v) is 9.88. The maximum atomic E-state index is 11.2. The van der Waals surface area contributed by atoms with E-state index < -0.39 is 0 Å². The van der Waals surface area contributed by atoms with E-state index in [1.807, 2.05) is 6.42 Å². The van der Waals surface area contributed by atoms with Gasteiger partial charge in [-0.3, -0.25) is 4.79 Å². The summed E-state index contributed by atoms with van der Waals surface area (Å²) in [6.45, 7) is 2.16. The number of ether oxygens (including phenoxy) is 1. The Morgan fingerprint density at radius 2 is 2.44 bits per heavy atom. The first-order valence-corrected chi connectivity index (χ1v) is 5.53. The molecule has 0 bridgehead atoms. The van der Waals surface area contributed by atoms with Crippen LogP contribution in [0.3, 0.4) is 0 Å². The SMILES string of the molecule is CCOC(=O)CCC1=C(C#N)C=C(Cl)[CH]C1. The minimum absolute atomic E-state index is 0.229. The van der Waals surface area contributed by atoms with Crippen molar-refractivity contribution in [2.75, 3.05) is 6.61 Å². The van der Waals surface area contributed by atoms with Gasteiger partial charge in [0.15, 0.2) is 0 Å². The van der Waals surface area contributed by atoms with Gasteiger partial charge in [-0.15, -0.1) is 0 Å². The smallest absolute Gasteiger partial charge is 0.306 e. The molecule has 3 nitrogen and oxygen atoms in total. The average molecular weight is 239 g/mol. The highest BCUT2D eigenvalue weighted by Gasteiger charge is 2.14. The number of rotatable bonds is 4. The van der Waals surface area contributed by atoms with Gasteiger partial charge in [-0.05, 0) is 25.8 Å². The molecule has 0 aromatic rings. The minimum Gasteiger partial charge on any atom is -0.466 e. The van der Waals surface area contributed by atoms with Crippen molar-refractivity contribution >= 4 is 17.6 Å². The molecule has 1 rings (SSSR count). The summed E-state index contributed by atoms with van der Waals surface area (Å²) in [5, 5.41) is 9.49. The lowest BCUT2D eigenvalue weighted by Gasteiger charge is -2.12. The molecule has 0 amide bonds. The Morgan fingerprint density at radius 3 is 3.06 bits per heavy atom. The zero-order valence-electron chi connectivity index (χ0n) is 9.12. The molecule has 0 aromatic heterocycles. The predicted octanol–water partition coefficient (Wildman–Crippen LogP) is 2.88. The van der Waals surface area contributed by atoms with Crippen LogP contribution in [0.15, 0.2) is 22.3 Å². The predicted molar refractivity (Wildman–Crippen MR) is 61.4 cm³/mol. The summed E-state index contributed by atoms with van der Waals surface area (Å²) >= 11 is 5.80. The van der Waals surface area contributed by atoms with Gasteiger partial charge in [-0.1, -0.05) is 17.2 Å². The number of halogens is 1. The molecule has 0 unspecified atom stereocenters. The lowest BCUT2D eigenvalue weighted by Crippen LogP contribution is -2.05. The Morgan fingerprint density at radius 1 is 1.69 bits per heavy atom. The molecule has 1 aliphatic carbocycles. The first-order valence-electron chi connectivity index (χ1n) is 5.15. The van der Waals surface area contributed by atoms with Crippen molar-refractivity contribution in [1.29, 1.82) is 5.26 Å². The van der Waals surface area contributed by atoms with E-state index in [9.17, 15) is 4.79 Å². The molecular weight excluding hydrogens is 226 g/mol. The molecule has 0 saturated carbocycles. The molecule has 4 heteroatoms. The number of carbonyl (C=O) groups excluding carboxylic acids is 1. The number of nitriles is 1. The minimum atomic E-state index is -0.229. The van der Waals surface area contributed by atoms with Crippen LogP contribution in [0, 0.1) is 17.8 Å². The van der Waals surface area contributed by atoms with Gasteiger partial charge < -0.3 is 4.74 Å². The maximum Gasteiger partial charge on any atom is 0.306 e. The summed E-state index contributed by atoms with van der Waals surface area (Å²) in [7, 11) is 0. The number of allylic oxidation sites excluding steroid dienone is 4. The highest BCUT2D eigenvalue weighted by atomic mass is 35.5. The van der Waals surface area contributed by atoms with Crippen molar-refractivity contribution < 1.29 is 9.53 Å². The van der Waals surface area contributed by atoms with Crippen molar-refractivity contribution in [3.63, 3.8) is 0 Å². The highest BCUT2D eigenvalue weighted by molar-refractivity contribution is 6.31. The number of hydrogen-bond acceptors (Lipinski definition) is 3. The summed E-state index contributed by atoms with van der Waals surface area (Å²) < 4.78 is 4.83. The molecule has 0 spiro atoms. The Kier molecular flexibility index (Phi) is 5.07. The van der Waals surface area contributed by atoms with E-state index in [0.717, 1.165) is 5.57 Å². The van der Waals surface area contributed by atoms with Crippen LogP contribution < -0.4 is 0 Å². The quantitative estimate of drug-likeness (QED) is 0.708. The topological polar surface area (TPSA) is 50.1 Å². The molecule has 1 radical (unpaired) electrons. The molecule has 0 aromatic carbocycles. The summed E-state index contributed by atoms with van der Waals surface area (Å²) in [6, 6.07) is 2.09. The Hall–Kier alpha value is -1.27. The first-order chi connectivity index (χ1) is 7.67. The third-order valence-corrected chi connectivity index (χ3v) is 2.53. The molecule has 0 heterocycles. The van der Waals surface area contributed by atoms with E-state index >= 15 is 0 Å². The number of nitrogens with zero attached hydrogens (tertiary/aromatic N) is 1. The van der Waals surface area contributed by atoms with E-state index in [1.165, 1.54) is 0 Å². The van der Waals surface area contributed by atoms with Crippen molar-refractivity contribution in [3.05, 3.63) is 28.7 Å². The molecule has 85 valence electrons. The average Bonchev–Trinajstić information content (AvgIpc) is 2.27. The molecule has 0 aliphatic heterocycles. The molecule has 0 N–H and O–H groups in total. The van der Waals surface area contributed by atoms with E-state index in [4.69, 9.17) is 21.6 Å². The van der Waals surface area contributed by atoms with E-state index in [2.05, 4.69) is 6.07 Å². The molecule has 0 atom stereocenters. The van der Waals surface area contributed by atoms with Gasteiger partial charge in [0.2, 0.25) is 0 Å². The van der Waals surface area contributed by atoms with Crippen LogP contribution in [-0.4, -0.2) is 12.6 Å². The van der Waals surface area contributed by atoms with E-state index in [-0.39, 0.29) is 5.97 Å². The standard InChI is InChI=1S/C12H13ClNO2/c1-2-16-12(15)6-4-9-3-5-11(13)7-10(9)8-14/h5,7H,2-4,6H2,1H3. The van der Waals surface area contributed by atoms with Crippen molar-refractivity contribution in [2.24, 2.45) is 0 Å². The molecule has 0 fully saturated rings. The molecule has 16 heavy (non-hydrogen) atoms. The van der Waals surface area contributed by atoms with Crippen LogP contribution >= 0.6 is 11.6 Å². The normalized spacial score (nSPS) is 15.4. The van der Waals surface area contributed by atoms with Crippen LogP contribution in [0.4, 0.5) is 0 Å². The molecule has 0 saturated heterocycles. The fourth-order valence-electron chi connectivity index (χ4n) is 1.46. The van der Waals surface area contributed by atoms with Crippen LogP contribution in [0.25, 0.3) is 0 Å². The lowest BCUT2D eigenvalue weighted by atomic mass is 9.94. The van der Waals surface area contributed by atoms with Crippen molar-refractivity contribution in [3.8, 4) is 6.07 Å². The summed E-state index contributed by atoms with van der Waals surface area (Å²) in [5.41, 5.74) is 1.51. The van der Waals surface area contributed by atoms with Gasteiger partial charge in [0.25, 0.3) is 0 Å². The van der Waals surface area contributed by atoms with Gasteiger partial charge in [0.1, 0.15) is 0 Å². The van der Waals surface area contributed by atoms with Crippen LogP contribution in [0.1, 0.15) is 26.2 Å². The van der Waals surface area contributed by atoms with Crippen molar-refractivity contribution in [2.45, 2.75) is 26.2 Å². The maximum absolute atomic E-state index is 11.2. The van der Waals surface area contributed by atoms with Crippen LogP contribution in [-0.2, 0) is 9.53 Å². The van der Waals surface area contributed by atoms with Gasteiger partial charge >= 0.3 is 5.97 Å². The summed E-state index contributed by atoms with van der Waals surface area (Å²) in [6.07, 6.45) is 4.97. The Bertz CT molecular complexity index is 377. The van der Waals surface area contributed by atoms with Crippen LogP contribution in [0.2, 0.25) is 0 Å². The lowest BCUT2D eigenvalue weighted by molar-refractivity contribution is -0.143. The van der Waals surface area contributed by atoms with E-state index in [1.54, 1.807) is 13.0 Å². The zero-order chi connectivity index (χ0) is 12.0. The molecular formula is C12H13ClNO2. The van der Waals surface area contributed by atoms with Gasteiger partial charge in [0.05, 0.1) is 18.2 Å². The second-order valence-electron chi connectivity index (χ2n) is 3.37. The Balaban J connectivity index is 2.59. The van der Waals surface area contributed by atoms with Gasteiger partial charge in [-0.2, -0.15) is 5.26 Å². The van der Waals surface area contributed by atoms with Gasteiger partial charge in [0, 0.05) is 17.9 Å². The van der Waals surface area contributed by atoms with Gasteiger partial charge in [-0.25, -0.2) is 0 Å². The van der Waals surface area contributed by atoms with Crippen molar-refractivity contribution in [1.82, 2.24) is 0 Å². The number of esters is 1. The highest BCUT2D eigenvalue weighted by Crippen LogP contribution is 2.27. The monoisotopic (exact) mass is 238 g/mol.